The number of rotatable bonds is 5. The molecule has 19 heavy (non-hydrogen) atoms. The molecule has 1 heterocycles. The number of carbonyl (C=O) groups excluding carboxylic acids is 1. The van der Waals surface area contributed by atoms with E-state index in [0.29, 0.717) is 17.7 Å². The number of aromatic amines is 1. The van der Waals surface area contributed by atoms with E-state index in [9.17, 15) is 4.79 Å². The zero-order valence-corrected chi connectivity index (χ0v) is 10.3. The molecule has 0 atom stereocenters. The van der Waals surface area contributed by atoms with E-state index in [1.807, 2.05) is 6.07 Å². The Labute approximate surface area is 110 Å². The van der Waals surface area contributed by atoms with Crippen molar-refractivity contribution in [2.24, 2.45) is 0 Å². The van der Waals surface area contributed by atoms with E-state index < -0.39 is 0 Å². The topological polar surface area (TPSA) is 94.5 Å². The fraction of sp³-hybridized carbons (Fsp3) is 0.231. The predicted octanol–water partition coefficient (Wildman–Crippen LogP) is 1.04. The van der Waals surface area contributed by atoms with Crippen molar-refractivity contribution in [2.75, 3.05) is 6.54 Å². The highest BCUT2D eigenvalue weighted by Gasteiger charge is 2.05. The van der Waals surface area contributed by atoms with Crippen LogP contribution in [-0.2, 0) is 6.42 Å². The zero-order valence-electron chi connectivity index (χ0n) is 10.3. The molecule has 1 amide bonds. The Balaban J connectivity index is 1.79. The lowest BCUT2D eigenvalue weighted by Gasteiger charge is -2.04. The van der Waals surface area contributed by atoms with Gasteiger partial charge in [0.05, 0.1) is 11.6 Å². The summed E-state index contributed by atoms with van der Waals surface area (Å²) < 4.78 is 0. The van der Waals surface area contributed by atoms with Gasteiger partial charge in [-0.1, -0.05) is 6.07 Å². The molecule has 0 radical (unpaired) electrons. The molecule has 6 nitrogen and oxygen atoms in total. The van der Waals surface area contributed by atoms with E-state index >= 15 is 0 Å². The molecule has 0 bridgehead atoms. The molecule has 2 rings (SSSR count). The van der Waals surface area contributed by atoms with Crippen molar-refractivity contribution >= 4 is 5.91 Å². The molecule has 2 aromatic rings. The van der Waals surface area contributed by atoms with E-state index in [0.717, 1.165) is 18.7 Å². The number of carbonyl (C=O) groups is 1. The lowest BCUT2D eigenvalue weighted by atomic mass is 10.1. The van der Waals surface area contributed by atoms with Crippen LogP contribution in [0.15, 0.2) is 30.6 Å². The maximum absolute atomic E-state index is 11.8. The lowest BCUT2D eigenvalue weighted by Crippen LogP contribution is -2.24. The Morgan fingerprint density at radius 3 is 3.11 bits per heavy atom. The largest absolute Gasteiger partial charge is 0.352 e. The average Bonchev–Trinajstić information content (AvgIpc) is 2.96. The summed E-state index contributed by atoms with van der Waals surface area (Å²) in [5, 5.41) is 18.1. The van der Waals surface area contributed by atoms with Crippen molar-refractivity contribution in [1.82, 2.24) is 20.5 Å². The van der Waals surface area contributed by atoms with Gasteiger partial charge in [0.1, 0.15) is 12.2 Å². The molecule has 0 aliphatic rings. The molecule has 0 spiro atoms. The van der Waals surface area contributed by atoms with E-state index in [1.54, 1.807) is 24.3 Å². The number of benzene rings is 1. The standard InChI is InChI=1S/C13H13N5O/c14-8-10-3-1-4-11(7-10)13(19)15-6-2-5-12-16-9-17-18-12/h1,3-4,7,9H,2,5-6H2,(H,15,19)(H,16,17,18). The van der Waals surface area contributed by atoms with Crippen LogP contribution in [0.25, 0.3) is 0 Å². The van der Waals surface area contributed by atoms with Crippen LogP contribution in [-0.4, -0.2) is 27.6 Å². The maximum atomic E-state index is 11.8. The third-order valence-corrected chi connectivity index (χ3v) is 2.59. The van der Waals surface area contributed by atoms with Gasteiger partial charge in [0.2, 0.25) is 0 Å². The monoisotopic (exact) mass is 255 g/mol. The second kappa shape index (κ2) is 6.31. The molecule has 0 aliphatic carbocycles. The van der Waals surface area contributed by atoms with Crippen molar-refractivity contribution in [1.29, 1.82) is 5.26 Å². The van der Waals surface area contributed by atoms with Crippen molar-refractivity contribution < 1.29 is 4.79 Å². The zero-order chi connectivity index (χ0) is 13.5. The maximum Gasteiger partial charge on any atom is 0.251 e. The summed E-state index contributed by atoms with van der Waals surface area (Å²) in [6, 6.07) is 8.63. The third-order valence-electron chi connectivity index (χ3n) is 2.59. The van der Waals surface area contributed by atoms with Crippen LogP contribution in [0.1, 0.15) is 28.2 Å². The minimum atomic E-state index is -0.172. The van der Waals surface area contributed by atoms with Crippen molar-refractivity contribution in [3.05, 3.63) is 47.5 Å². The predicted molar refractivity (Wildman–Crippen MR) is 68.2 cm³/mol. The summed E-state index contributed by atoms with van der Waals surface area (Å²) in [5.41, 5.74) is 0.980. The quantitative estimate of drug-likeness (QED) is 0.780. The molecule has 2 N–H and O–H groups in total. The van der Waals surface area contributed by atoms with Crippen LogP contribution in [0, 0.1) is 11.3 Å². The number of H-pyrrole nitrogens is 1. The lowest BCUT2D eigenvalue weighted by molar-refractivity contribution is 0.0953. The highest BCUT2D eigenvalue weighted by atomic mass is 16.1. The van der Waals surface area contributed by atoms with Gasteiger partial charge >= 0.3 is 0 Å². The van der Waals surface area contributed by atoms with Crippen LogP contribution in [0.2, 0.25) is 0 Å². The number of aryl methyl sites for hydroxylation is 1. The first-order valence-corrected chi connectivity index (χ1v) is 5.92. The molecular formula is C13H13N5O. The van der Waals surface area contributed by atoms with Gasteiger partial charge in [0.25, 0.3) is 5.91 Å². The minimum Gasteiger partial charge on any atom is -0.352 e. The minimum absolute atomic E-state index is 0.172. The summed E-state index contributed by atoms with van der Waals surface area (Å²) in [6.45, 7) is 0.552. The van der Waals surface area contributed by atoms with Crippen molar-refractivity contribution in [2.45, 2.75) is 12.8 Å². The molecule has 96 valence electrons. The number of nitrogens with one attached hydrogen (secondary N) is 2. The van der Waals surface area contributed by atoms with Gasteiger partial charge in [-0.15, -0.1) is 0 Å². The first kappa shape index (κ1) is 12.8. The van der Waals surface area contributed by atoms with E-state index in [1.165, 1.54) is 6.33 Å². The molecular weight excluding hydrogens is 242 g/mol. The molecule has 1 aromatic carbocycles. The van der Waals surface area contributed by atoms with Gasteiger partial charge in [-0.25, -0.2) is 4.98 Å². The van der Waals surface area contributed by atoms with Gasteiger partial charge in [-0.05, 0) is 24.6 Å². The smallest absolute Gasteiger partial charge is 0.251 e. The molecule has 0 fully saturated rings. The van der Waals surface area contributed by atoms with Crippen LogP contribution >= 0.6 is 0 Å². The summed E-state index contributed by atoms with van der Waals surface area (Å²) >= 11 is 0. The van der Waals surface area contributed by atoms with Gasteiger partial charge in [-0.3, -0.25) is 9.89 Å². The fourth-order valence-electron chi connectivity index (χ4n) is 1.64. The number of nitrogens with zero attached hydrogens (tertiary/aromatic N) is 3. The molecule has 1 aromatic heterocycles. The van der Waals surface area contributed by atoms with Crippen LogP contribution < -0.4 is 5.32 Å². The van der Waals surface area contributed by atoms with E-state index in [-0.39, 0.29) is 5.91 Å². The van der Waals surface area contributed by atoms with Crippen LogP contribution in [0.5, 0.6) is 0 Å². The summed E-state index contributed by atoms with van der Waals surface area (Å²) in [7, 11) is 0. The molecule has 0 unspecified atom stereocenters. The number of hydrogen-bond donors (Lipinski definition) is 2. The number of amides is 1. The third kappa shape index (κ3) is 3.64. The Bertz CT molecular complexity index is 585. The Hall–Kier alpha value is -2.68. The number of aromatic nitrogens is 3. The summed E-state index contributed by atoms with van der Waals surface area (Å²) in [6.07, 6.45) is 2.97. The fourth-order valence-corrected chi connectivity index (χ4v) is 1.64. The summed E-state index contributed by atoms with van der Waals surface area (Å²) in [5.74, 6) is 0.635. The Morgan fingerprint density at radius 2 is 2.37 bits per heavy atom. The van der Waals surface area contributed by atoms with Crippen LogP contribution in [0.4, 0.5) is 0 Å². The van der Waals surface area contributed by atoms with E-state index in [4.69, 9.17) is 5.26 Å². The van der Waals surface area contributed by atoms with Gasteiger partial charge in [-0.2, -0.15) is 10.4 Å². The first-order valence-electron chi connectivity index (χ1n) is 5.92. The van der Waals surface area contributed by atoms with Gasteiger partial charge in [0, 0.05) is 18.5 Å². The molecule has 0 saturated carbocycles. The summed E-state index contributed by atoms with van der Waals surface area (Å²) in [4.78, 5) is 15.8. The second-order valence-corrected chi connectivity index (χ2v) is 3.98. The second-order valence-electron chi connectivity index (χ2n) is 3.98. The number of hydrogen-bond acceptors (Lipinski definition) is 4. The first-order chi connectivity index (χ1) is 9.29. The highest BCUT2D eigenvalue weighted by molar-refractivity contribution is 5.94. The normalized spacial score (nSPS) is 9.84. The Kier molecular flexibility index (Phi) is 4.24. The van der Waals surface area contributed by atoms with Gasteiger partial charge < -0.3 is 5.32 Å². The van der Waals surface area contributed by atoms with Crippen LogP contribution in [0.3, 0.4) is 0 Å². The Morgan fingerprint density at radius 1 is 1.47 bits per heavy atom. The van der Waals surface area contributed by atoms with E-state index in [2.05, 4.69) is 20.5 Å². The molecule has 6 heteroatoms. The van der Waals surface area contributed by atoms with Gasteiger partial charge in [0.15, 0.2) is 0 Å². The van der Waals surface area contributed by atoms with Crippen molar-refractivity contribution in [3.63, 3.8) is 0 Å². The van der Waals surface area contributed by atoms with Crippen molar-refractivity contribution in [3.8, 4) is 6.07 Å². The molecule has 0 aliphatic heterocycles. The number of nitriles is 1. The average molecular weight is 255 g/mol. The highest BCUT2D eigenvalue weighted by Crippen LogP contribution is 2.04. The SMILES string of the molecule is N#Cc1cccc(C(=O)NCCCc2ncn[nH]2)c1. The molecule has 0 saturated heterocycles.